The van der Waals surface area contributed by atoms with Crippen LogP contribution in [-0.2, 0) is 21.3 Å². The lowest BCUT2D eigenvalue weighted by atomic mass is 9.55. The first-order chi connectivity index (χ1) is 14.3. The number of aryl methyl sites for hydroxylation is 2. The molecule has 5 heteroatoms. The van der Waals surface area contributed by atoms with Gasteiger partial charge in [-0.25, -0.2) is 0 Å². The average Bonchev–Trinajstić information content (AvgIpc) is 3.02. The Labute approximate surface area is 178 Å². The first-order valence-corrected chi connectivity index (χ1v) is 12.4. The number of hydrogen-bond acceptors (Lipinski definition) is 4. The minimum absolute atomic E-state index is 0.121. The molecule has 4 atom stereocenters. The van der Waals surface area contributed by atoms with Crippen molar-refractivity contribution in [3.8, 4) is 5.75 Å². The zero-order valence-electron chi connectivity index (χ0n) is 17.6. The molecule has 3 aliphatic carbocycles. The van der Waals surface area contributed by atoms with Gasteiger partial charge in [0.2, 0.25) is 0 Å². The zero-order valence-corrected chi connectivity index (χ0v) is 18.4. The largest absolute Gasteiger partial charge is 0.379 e. The summed E-state index contributed by atoms with van der Waals surface area (Å²) in [6.45, 7) is 4.11. The van der Waals surface area contributed by atoms with Crippen LogP contribution < -0.4 is 4.18 Å². The molecule has 2 aromatic carbocycles. The summed E-state index contributed by atoms with van der Waals surface area (Å²) in [6.07, 6.45) is 5.76. The number of carbonyl (C=O) groups is 1. The molecule has 3 unspecified atom stereocenters. The van der Waals surface area contributed by atoms with Gasteiger partial charge in [-0.15, -0.1) is 0 Å². The second kappa shape index (κ2) is 6.94. The van der Waals surface area contributed by atoms with E-state index in [-0.39, 0.29) is 10.3 Å². The van der Waals surface area contributed by atoms with Gasteiger partial charge in [0.05, 0.1) is 0 Å². The fraction of sp³-hybridized carbons (Fsp3) is 0.480. The Hall–Kier alpha value is -2.14. The summed E-state index contributed by atoms with van der Waals surface area (Å²) in [5, 5.41) is 0. The predicted molar refractivity (Wildman–Crippen MR) is 115 cm³/mol. The highest BCUT2D eigenvalue weighted by Gasteiger charge is 2.54. The molecule has 0 aliphatic heterocycles. The number of carbonyl (C=O) groups excluding carboxylic acids is 1. The molecule has 0 heterocycles. The summed E-state index contributed by atoms with van der Waals surface area (Å²) in [5.41, 5.74) is 3.41. The molecule has 0 radical (unpaired) electrons. The molecule has 0 N–H and O–H groups in total. The van der Waals surface area contributed by atoms with Crippen molar-refractivity contribution in [1.29, 1.82) is 0 Å². The van der Waals surface area contributed by atoms with Crippen molar-refractivity contribution in [3.63, 3.8) is 0 Å². The van der Waals surface area contributed by atoms with E-state index in [2.05, 4.69) is 13.0 Å². The summed E-state index contributed by atoms with van der Waals surface area (Å²) in [7, 11) is -3.84. The van der Waals surface area contributed by atoms with E-state index in [0.717, 1.165) is 44.1 Å². The van der Waals surface area contributed by atoms with E-state index in [1.807, 2.05) is 13.0 Å². The Morgan fingerprint density at radius 2 is 1.77 bits per heavy atom. The highest BCUT2D eigenvalue weighted by molar-refractivity contribution is 7.87. The Kier molecular flexibility index (Phi) is 4.58. The molecule has 2 fully saturated rings. The number of Topliss-reactive ketones (excluding diaryl/α,β-unsaturated/α-hetero) is 1. The van der Waals surface area contributed by atoms with Crippen molar-refractivity contribution in [2.24, 2.45) is 17.3 Å². The predicted octanol–water partition coefficient (Wildman–Crippen LogP) is 5.19. The monoisotopic (exact) mass is 424 g/mol. The Balaban J connectivity index is 1.40. The minimum Gasteiger partial charge on any atom is -0.379 e. The van der Waals surface area contributed by atoms with Gasteiger partial charge < -0.3 is 4.18 Å². The van der Waals surface area contributed by atoms with Crippen molar-refractivity contribution in [3.05, 3.63) is 59.2 Å². The fourth-order valence-corrected chi connectivity index (χ4v) is 7.18. The van der Waals surface area contributed by atoms with Crippen molar-refractivity contribution in [2.75, 3.05) is 0 Å². The molecule has 0 amide bonds. The van der Waals surface area contributed by atoms with Crippen LogP contribution in [0.25, 0.3) is 0 Å². The van der Waals surface area contributed by atoms with E-state index in [4.69, 9.17) is 4.18 Å². The van der Waals surface area contributed by atoms with Crippen LogP contribution in [0, 0.1) is 24.2 Å². The first kappa shape index (κ1) is 19.8. The molecule has 3 aliphatic rings. The Morgan fingerprint density at radius 1 is 1.00 bits per heavy atom. The molecule has 30 heavy (non-hydrogen) atoms. The van der Waals surface area contributed by atoms with Gasteiger partial charge >= 0.3 is 10.1 Å². The molecule has 0 aromatic heterocycles. The van der Waals surface area contributed by atoms with E-state index < -0.39 is 10.1 Å². The van der Waals surface area contributed by atoms with Crippen molar-refractivity contribution >= 4 is 15.9 Å². The second-order valence-corrected chi connectivity index (χ2v) is 11.1. The second-order valence-electron chi connectivity index (χ2n) is 9.54. The minimum atomic E-state index is -3.84. The smallest absolute Gasteiger partial charge is 0.339 e. The highest BCUT2D eigenvalue weighted by atomic mass is 32.2. The molecule has 4 nitrogen and oxygen atoms in total. The maximum atomic E-state index is 12.6. The molecule has 0 saturated heterocycles. The zero-order chi connectivity index (χ0) is 21.1. The third kappa shape index (κ3) is 3.09. The van der Waals surface area contributed by atoms with Gasteiger partial charge in [0.15, 0.2) is 0 Å². The molecule has 5 rings (SSSR count). The molecule has 0 bridgehead atoms. The lowest BCUT2D eigenvalue weighted by molar-refractivity contribution is -0.129. The van der Waals surface area contributed by atoms with Gasteiger partial charge in [-0.3, -0.25) is 4.79 Å². The molecular formula is C25H28O4S. The number of fused-ring (bicyclic) bond motifs is 5. The highest BCUT2D eigenvalue weighted by Crippen LogP contribution is 2.59. The summed E-state index contributed by atoms with van der Waals surface area (Å²) in [5.74, 6) is 2.37. The quantitative estimate of drug-likeness (QED) is 0.637. The van der Waals surface area contributed by atoms with Crippen LogP contribution in [0.1, 0.15) is 61.6 Å². The molecule has 158 valence electrons. The average molecular weight is 425 g/mol. The maximum absolute atomic E-state index is 12.6. The summed E-state index contributed by atoms with van der Waals surface area (Å²) < 4.78 is 30.7. The number of hydrogen-bond donors (Lipinski definition) is 0. The van der Waals surface area contributed by atoms with Crippen LogP contribution in [0.15, 0.2) is 47.4 Å². The van der Waals surface area contributed by atoms with Crippen molar-refractivity contribution in [1.82, 2.24) is 0 Å². The molecule has 0 spiro atoms. The van der Waals surface area contributed by atoms with Crippen LogP contribution in [0.2, 0.25) is 0 Å². The number of rotatable bonds is 3. The lowest BCUT2D eigenvalue weighted by Gasteiger charge is -2.48. The van der Waals surface area contributed by atoms with E-state index in [1.165, 1.54) is 11.1 Å². The summed E-state index contributed by atoms with van der Waals surface area (Å²) in [6, 6.07) is 12.5. The number of ketones is 1. The van der Waals surface area contributed by atoms with E-state index in [0.29, 0.717) is 29.3 Å². The Bertz CT molecular complexity index is 1100. The van der Waals surface area contributed by atoms with E-state index in [9.17, 15) is 13.2 Å². The van der Waals surface area contributed by atoms with Crippen molar-refractivity contribution < 1.29 is 17.4 Å². The third-order valence-corrected chi connectivity index (χ3v) is 9.18. The van der Waals surface area contributed by atoms with Crippen molar-refractivity contribution in [2.45, 2.75) is 63.2 Å². The standard InChI is InChI=1S/C25H28O4S/c1-16-3-7-19(8-4-16)30(27,28)29-18-6-10-20-17(15-18)5-9-22-21(20)13-14-25(2)23(22)11-12-24(25)26/h3-4,6-8,10,15,21-23H,5,9,11-14H2,1-2H3/t21?,22?,23?,25-/m0/s1. The van der Waals surface area contributed by atoms with Gasteiger partial charge in [-0.05, 0) is 92.2 Å². The number of benzene rings is 2. The normalized spacial score (nSPS) is 30.3. The maximum Gasteiger partial charge on any atom is 0.339 e. The van der Waals surface area contributed by atoms with Crippen LogP contribution >= 0.6 is 0 Å². The third-order valence-electron chi connectivity index (χ3n) is 7.92. The molecule has 2 aromatic rings. The summed E-state index contributed by atoms with van der Waals surface area (Å²) in [4.78, 5) is 12.7. The topological polar surface area (TPSA) is 60.4 Å². The van der Waals surface area contributed by atoms with Gasteiger partial charge in [-0.2, -0.15) is 8.42 Å². The van der Waals surface area contributed by atoms with Gasteiger partial charge in [0.25, 0.3) is 0 Å². The van der Waals surface area contributed by atoms with Crippen LogP contribution in [0.4, 0.5) is 0 Å². The lowest BCUT2D eigenvalue weighted by Crippen LogP contribution is -2.42. The van der Waals surface area contributed by atoms with Crippen LogP contribution in [0.3, 0.4) is 0 Å². The Morgan fingerprint density at radius 3 is 2.53 bits per heavy atom. The van der Waals surface area contributed by atoms with E-state index >= 15 is 0 Å². The molecular weight excluding hydrogens is 396 g/mol. The first-order valence-electron chi connectivity index (χ1n) is 11.0. The van der Waals surface area contributed by atoms with Gasteiger partial charge in [0.1, 0.15) is 16.4 Å². The van der Waals surface area contributed by atoms with Gasteiger partial charge in [-0.1, -0.05) is 30.7 Å². The van der Waals surface area contributed by atoms with Crippen LogP contribution in [0.5, 0.6) is 5.75 Å². The van der Waals surface area contributed by atoms with Gasteiger partial charge in [0, 0.05) is 11.8 Å². The van der Waals surface area contributed by atoms with Crippen LogP contribution in [-0.4, -0.2) is 14.2 Å². The van der Waals surface area contributed by atoms with E-state index in [1.54, 1.807) is 30.3 Å². The fourth-order valence-electron chi connectivity index (χ4n) is 6.26. The molecule has 2 saturated carbocycles. The summed E-state index contributed by atoms with van der Waals surface area (Å²) >= 11 is 0. The SMILES string of the molecule is Cc1ccc(S(=O)(=O)Oc2ccc3c(c2)CCC2C3CC[C@]3(C)C(=O)CCC23)cc1.